The minimum absolute atomic E-state index is 0.0677. The summed E-state index contributed by atoms with van der Waals surface area (Å²) in [7, 11) is 2.12. The van der Waals surface area contributed by atoms with E-state index in [4.69, 9.17) is 25.3 Å². The van der Waals surface area contributed by atoms with Gasteiger partial charge in [-0.15, -0.1) is 11.3 Å². The van der Waals surface area contributed by atoms with Crippen LogP contribution in [0.3, 0.4) is 0 Å². The van der Waals surface area contributed by atoms with Crippen LogP contribution < -0.4 is 5.73 Å². The fourth-order valence-electron chi connectivity index (χ4n) is 8.14. The van der Waals surface area contributed by atoms with Gasteiger partial charge in [-0.05, 0) is 83.5 Å². The number of fused-ring (bicyclic) bond motifs is 5. The molecule has 1 spiro atoms. The van der Waals surface area contributed by atoms with Gasteiger partial charge in [-0.2, -0.15) is 20.7 Å². The molecule has 6 heterocycles. The Morgan fingerprint density at radius 3 is 2.72 bits per heavy atom. The van der Waals surface area contributed by atoms with E-state index in [0.29, 0.717) is 44.6 Å². The topological polar surface area (TPSA) is 185 Å². The van der Waals surface area contributed by atoms with E-state index >= 15 is 0 Å². The number of nitrogen functional groups attached to an aromatic ring is 1. The van der Waals surface area contributed by atoms with Gasteiger partial charge in [0.1, 0.15) is 22.5 Å². The second-order valence-corrected chi connectivity index (χ2v) is 13.8. The normalized spacial score (nSPS) is 21.7. The first-order valence-electron chi connectivity index (χ1n) is 15.8. The minimum atomic E-state index is -0.478. The number of aryl methyl sites for hydroxylation is 1. The molecule has 1 saturated heterocycles. The van der Waals surface area contributed by atoms with Gasteiger partial charge in [-0.3, -0.25) is 0 Å². The standard InChI is InChI=1S/C32H33N11O2S/c1-17(22-7-5-12-41(22)2)43-31-24(21(15-34)39-43)30(42-13-9-18(16-44)38-42)36-29(37-31)26-19-6-3-10-32(27(19)45-40-26)11-4-8-23-25(32)20(14-33)28(35)46-23/h9,13,17,22,44H,3-8,10-12,16,35H2,1-2H3/t17-,22-,32-/m0/s1. The number of likely N-dealkylation sites (N-methyl/N-ethyl adjacent to an activating group) is 1. The summed E-state index contributed by atoms with van der Waals surface area (Å²) in [5, 5.41) is 45.1. The number of thiophene rings is 1. The molecule has 5 aromatic heterocycles. The molecule has 0 amide bonds. The first kappa shape index (κ1) is 28.8. The summed E-state index contributed by atoms with van der Waals surface area (Å²) in [5.74, 6) is 1.50. The lowest BCUT2D eigenvalue weighted by molar-refractivity contribution is 0.232. The van der Waals surface area contributed by atoms with Crippen LogP contribution in [0.25, 0.3) is 28.4 Å². The summed E-state index contributed by atoms with van der Waals surface area (Å²) in [6.45, 7) is 2.88. The molecule has 0 aromatic carbocycles. The largest absolute Gasteiger partial charge is 0.390 e. The molecule has 0 bridgehead atoms. The highest BCUT2D eigenvalue weighted by molar-refractivity contribution is 7.16. The van der Waals surface area contributed by atoms with Gasteiger partial charge in [0, 0.05) is 22.7 Å². The van der Waals surface area contributed by atoms with E-state index in [1.165, 1.54) is 11.3 Å². The number of nitrogens with zero attached hydrogens (tertiary/aromatic N) is 10. The van der Waals surface area contributed by atoms with Crippen molar-refractivity contribution in [2.75, 3.05) is 19.3 Å². The predicted octanol–water partition coefficient (Wildman–Crippen LogP) is 4.16. The number of aliphatic hydroxyl groups is 1. The Kier molecular flexibility index (Phi) is 6.72. The number of nitrogens with two attached hydrogens (primary N) is 1. The van der Waals surface area contributed by atoms with Gasteiger partial charge in [0.05, 0.1) is 29.3 Å². The van der Waals surface area contributed by atoms with Crippen LogP contribution >= 0.6 is 11.3 Å². The van der Waals surface area contributed by atoms with Gasteiger partial charge in [0.2, 0.25) is 0 Å². The monoisotopic (exact) mass is 635 g/mol. The maximum absolute atomic E-state index is 10.2. The zero-order valence-corrected chi connectivity index (χ0v) is 26.5. The van der Waals surface area contributed by atoms with Crippen LogP contribution in [0.5, 0.6) is 0 Å². The van der Waals surface area contributed by atoms with Crippen LogP contribution in [0.2, 0.25) is 0 Å². The molecule has 234 valence electrons. The highest BCUT2D eigenvalue weighted by Crippen LogP contribution is 2.55. The summed E-state index contributed by atoms with van der Waals surface area (Å²) >= 11 is 1.51. The van der Waals surface area contributed by atoms with Crippen LogP contribution in [0.15, 0.2) is 16.8 Å². The average Bonchev–Trinajstić information content (AvgIpc) is 3.90. The fourth-order valence-corrected chi connectivity index (χ4v) is 9.30. The van der Waals surface area contributed by atoms with Crippen LogP contribution in [-0.4, -0.2) is 64.3 Å². The molecule has 0 unspecified atom stereocenters. The second-order valence-electron chi connectivity index (χ2n) is 12.7. The molecule has 0 saturated carbocycles. The first-order valence-corrected chi connectivity index (χ1v) is 16.6. The van der Waals surface area contributed by atoms with Gasteiger partial charge in [-0.25, -0.2) is 19.3 Å². The van der Waals surface area contributed by atoms with Gasteiger partial charge in [0.15, 0.2) is 34.4 Å². The zero-order valence-electron chi connectivity index (χ0n) is 25.7. The average molecular weight is 636 g/mol. The maximum Gasteiger partial charge on any atom is 0.186 e. The SMILES string of the molecule is C[C@@H]([C@@H]1CCCN1C)n1nc(C#N)c2c(-n3ccc(CO)n3)nc(-c3noc4c3CCC[C@@]43CCCc4sc(N)c(C#N)c43)nc21. The molecule has 5 aromatic rings. The van der Waals surface area contributed by atoms with E-state index in [1.54, 1.807) is 16.9 Å². The Hall–Kier alpha value is -4.63. The van der Waals surface area contributed by atoms with Crippen molar-refractivity contribution in [3.63, 3.8) is 0 Å². The number of nitriles is 2. The molecule has 8 rings (SSSR count). The van der Waals surface area contributed by atoms with E-state index in [-0.39, 0.29) is 24.4 Å². The third kappa shape index (κ3) is 4.07. The molecule has 2 aliphatic carbocycles. The lowest BCUT2D eigenvalue weighted by Crippen LogP contribution is -2.35. The fraction of sp³-hybridized carbons (Fsp3) is 0.469. The summed E-state index contributed by atoms with van der Waals surface area (Å²) in [6, 6.07) is 6.51. The van der Waals surface area contributed by atoms with Crippen molar-refractivity contribution in [3.8, 4) is 29.5 Å². The Morgan fingerprint density at radius 2 is 2.00 bits per heavy atom. The molecule has 3 atom stereocenters. The number of hydrogen-bond donors (Lipinski definition) is 2. The van der Waals surface area contributed by atoms with Crippen molar-refractivity contribution in [3.05, 3.63) is 51.0 Å². The molecule has 0 radical (unpaired) electrons. The molecule has 13 nitrogen and oxygen atoms in total. The Balaban J connectivity index is 1.35. The number of anilines is 1. The van der Waals surface area contributed by atoms with Crippen molar-refractivity contribution in [2.45, 2.75) is 82.4 Å². The molecule has 46 heavy (non-hydrogen) atoms. The molecule has 1 aliphatic heterocycles. The Bertz CT molecular complexity index is 2090. The summed E-state index contributed by atoms with van der Waals surface area (Å²) < 4.78 is 9.68. The number of likely N-dealkylation sites (tertiary alicyclic amines) is 1. The third-order valence-corrected chi connectivity index (χ3v) is 11.3. The van der Waals surface area contributed by atoms with E-state index in [2.05, 4.69) is 41.3 Å². The Morgan fingerprint density at radius 1 is 1.17 bits per heavy atom. The van der Waals surface area contributed by atoms with E-state index in [9.17, 15) is 15.6 Å². The molecule has 3 N–H and O–H groups in total. The van der Waals surface area contributed by atoms with E-state index in [1.807, 2.05) is 4.68 Å². The Labute approximate surface area is 268 Å². The quantitative estimate of drug-likeness (QED) is 0.283. The maximum atomic E-state index is 10.2. The number of aliphatic hydroxyl groups excluding tert-OH is 1. The van der Waals surface area contributed by atoms with Crippen LogP contribution in [0.4, 0.5) is 5.00 Å². The molecule has 14 heteroatoms. The van der Waals surface area contributed by atoms with E-state index < -0.39 is 5.41 Å². The molecule has 1 fully saturated rings. The lowest BCUT2D eigenvalue weighted by atomic mass is 9.63. The second kappa shape index (κ2) is 10.7. The van der Waals surface area contributed by atoms with Gasteiger partial charge < -0.3 is 20.3 Å². The lowest BCUT2D eigenvalue weighted by Gasteiger charge is -2.39. The zero-order chi connectivity index (χ0) is 31.7. The van der Waals surface area contributed by atoms with Crippen LogP contribution in [-0.2, 0) is 24.9 Å². The summed E-state index contributed by atoms with van der Waals surface area (Å²) in [5.41, 5.74) is 10.1. The number of aromatic nitrogens is 7. The van der Waals surface area contributed by atoms with Crippen molar-refractivity contribution >= 4 is 27.4 Å². The van der Waals surface area contributed by atoms with Crippen LogP contribution in [0.1, 0.15) is 90.2 Å². The van der Waals surface area contributed by atoms with Gasteiger partial charge in [0.25, 0.3) is 0 Å². The molecular weight excluding hydrogens is 602 g/mol. The van der Waals surface area contributed by atoms with E-state index in [0.717, 1.165) is 79.7 Å². The first-order chi connectivity index (χ1) is 22.4. The summed E-state index contributed by atoms with van der Waals surface area (Å²) in [6.07, 6.45) is 9.00. The van der Waals surface area contributed by atoms with Crippen molar-refractivity contribution in [2.24, 2.45) is 0 Å². The van der Waals surface area contributed by atoms with Gasteiger partial charge in [-0.1, -0.05) is 5.16 Å². The highest BCUT2D eigenvalue weighted by Gasteiger charge is 2.49. The third-order valence-electron chi connectivity index (χ3n) is 10.3. The van der Waals surface area contributed by atoms with Crippen molar-refractivity contribution < 1.29 is 9.63 Å². The predicted molar refractivity (Wildman–Crippen MR) is 169 cm³/mol. The number of rotatable bonds is 5. The minimum Gasteiger partial charge on any atom is -0.390 e. The van der Waals surface area contributed by atoms with Crippen molar-refractivity contribution in [1.82, 2.24) is 39.6 Å². The van der Waals surface area contributed by atoms with Crippen LogP contribution in [0, 0.1) is 22.7 Å². The molecular formula is C32H33N11O2S. The highest BCUT2D eigenvalue weighted by atomic mass is 32.1. The number of hydrogen-bond acceptors (Lipinski definition) is 12. The van der Waals surface area contributed by atoms with Crippen molar-refractivity contribution in [1.29, 1.82) is 10.5 Å². The smallest absolute Gasteiger partial charge is 0.186 e. The molecule has 3 aliphatic rings. The summed E-state index contributed by atoms with van der Waals surface area (Å²) in [4.78, 5) is 13.5. The van der Waals surface area contributed by atoms with Gasteiger partial charge >= 0.3 is 0 Å².